The summed E-state index contributed by atoms with van der Waals surface area (Å²) in [7, 11) is 0. The molecule has 2 aromatic rings. The zero-order chi connectivity index (χ0) is 14.9. The molecule has 108 valence electrons. The molecule has 20 heavy (non-hydrogen) atoms. The summed E-state index contributed by atoms with van der Waals surface area (Å²) < 4.78 is 19.1. The smallest absolute Gasteiger partial charge is 0.138 e. The molecule has 2 rings (SSSR count). The van der Waals surface area contributed by atoms with Crippen molar-refractivity contribution in [2.45, 2.75) is 39.7 Å². The summed E-state index contributed by atoms with van der Waals surface area (Å²) in [5, 5.41) is 11.7. The van der Waals surface area contributed by atoms with Crippen molar-refractivity contribution in [3.63, 3.8) is 0 Å². The van der Waals surface area contributed by atoms with Gasteiger partial charge >= 0.3 is 0 Å². The van der Waals surface area contributed by atoms with Crippen LogP contribution in [-0.4, -0.2) is 10.7 Å². The predicted octanol–water partition coefficient (Wildman–Crippen LogP) is 4.61. The first-order valence-corrected chi connectivity index (χ1v) is 7.37. The molecule has 1 N–H and O–H groups in total. The fourth-order valence-corrected chi connectivity index (χ4v) is 3.11. The van der Waals surface area contributed by atoms with E-state index in [2.05, 4.69) is 0 Å². The Balaban J connectivity index is 2.19. The van der Waals surface area contributed by atoms with E-state index >= 15 is 0 Å². The molecule has 0 bridgehead atoms. The van der Waals surface area contributed by atoms with Gasteiger partial charge in [0.05, 0.1) is 5.60 Å². The molecular weight excluding hydrogens is 275 g/mol. The molecule has 1 heterocycles. The number of aliphatic hydroxyl groups is 1. The molecule has 0 amide bonds. The Hall–Kier alpha value is -1.39. The van der Waals surface area contributed by atoms with Gasteiger partial charge in [-0.25, -0.2) is 4.39 Å². The first kappa shape index (κ1) is 15.0. The summed E-state index contributed by atoms with van der Waals surface area (Å²) in [6, 6.07) is 4.85. The highest BCUT2D eigenvalue weighted by atomic mass is 32.1. The highest BCUT2D eigenvalue weighted by molar-refractivity contribution is 7.10. The van der Waals surface area contributed by atoms with Gasteiger partial charge in [-0.3, -0.25) is 0 Å². The number of benzene rings is 1. The summed E-state index contributed by atoms with van der Waals surface area (Å²) in [6.45, 7) is 7.22. The van der Waals surface area contributed by atoms with Crippen molar-refractivity contribution < 1.29 is 14.2 Å². The van der Waals surface area contributed by atoms with Gasteiger partial charge < -0.3 is 9.84 Å². The van der Waals surface area contributed by atoms with Gasteiger partial charge in [-0.2, -0.15) is 0 Å². The minimum Gasteiger partial charge on any atom is -0.456 e. The van der Waals surface area contributed by atoms with E-state index in [9.17, 15) is 9.50 Å². The molecule has 0 aliphatic rings. The van der Waals surface area contributed by atoms with Crippen LogP contribution in [0.2, 0.25) is 0 Å². The lowest BCUT2D eigenvalue weighted by molar-refractivity contribution is 0.0818. The van der Waals surface area contributed by atoms with E-state index in [1.165, 1.54) is 12.1 Å². The van der Waals surface area contributed by atoms with Crippen molar-refractivity contribution >= 4 is 11.3 Å². The minimum absolute atomic E-state index is 0.250. The Kier molecular flexibility index (Phi) is 4.16. The van der Waals surface area contributed by atoms with Gasteiger partial charge in [-0.15, -0.1) is 11.3 Å². The van der Waals surface area contributed by atoms with Crippen LogP contribution in [0, 0.1) is 19.7 Å². The Labute approximate surface area is 122 Å². The topological polar surface area (TPSA) is 29.5 Å². The summed E-state index contributed by atoms with van der Waals surface area (Å²) in [6.07, 6.45) is 0.586. The molecule has 0 atom stereocenters. The van der Waals surface area contributed by atoms with Crippen molar-refractivity contribution in [3.8, 4) is 11.5 Å². The van der Waals surface area contributed by atoms with Crippen LogP contribution in [0.4, 0.5) is 4.39 Å². The molecule has 4 heteroatoms. The molecule has 0 aliphatic heterocycles. The van der Waals surface area contributed by atoms with Gasteiger partial charge in [0, 0.05) is 16.7 Å². The molecule has 2 nitrogen and oxygen atoms in total. The molecule has 0 saturated heterocycles. The minimum atomic E-state index is -0.732. The number of thiophene rings is 1. The molecule has 0 saturated carbocycles. The second-order valence-corrected chi connectivity index (χ2v) is 6.70. The fraction of sp³-hybridized carbons (Fsp3) is 0.375. The standard InChI is InChI=1S/C16H19FO2S/c1-10-5-12(17)6-11(2)15(10)19-13-7-14(20-9-13)8-16(3,4)18/h5-7,9,18H,8H2,1-4H3. The van der Waals surface area contributed by atoms with E-state index in [0.29, 0.717) is 12.2 Å². The van der Waals surface area contributed by atoms with Gasteiger partial charge in [0.1, 0.15) is 17.3 Å². The number of halogens is 1. The Bertz CT molecular complexity index is 588. The fourth-order valence-electron chi connectivity index (χ4n) is 2.11. The normalized spacial score (nSPS) is 11.7. The van der Waals surface area contributed by atoms with E-state index in [1.54, 1.807) is 25.2 Å². The van der Waals surface area contributed by atoms with Crippen LogP contribution in [0.1, 0.15) is 29.9 Å². The van der Waals surface area contributed by atoms with Crippen molar-refractivity contribution in [1.82, 2.24) is 0 Å². The average molecular weight is 294 g/mol. The molecule has 0 fully saturated rings. The maximum atomic E-state index is 13.3. The lowest BCUT2D eigenvalue weighted by atomic mass is 10.0. The number of rotatable bonds is 4. The van der Waals surface area contributed by atoms with Crippen LogP contribution >= 0.6 is 11.3 Å². The zero-order valence-corrected chi connectivity index (χ0v) is 13.0. The van der Waals surface area contributed by atoms with Crippen LogP contribution < -0.4 is 4.74 Å². The van der Waals surface area contributed by atoms with E-state index in [0.717, 1.165) is 21.8 Å². The van der Waals surface area contributed by atoms with Gasteiger partial charge in [0.15, 0.2) is 0 Å². The molecular formula is C16H19FO2S. The Morgan fingerprint density at radius 3 is 2.35 bits per heavy atom. The van der Waals surface area contributed by atoms with Gasteiger partial charge in [0.25, 0.3) is 0 Å². The first-order chi connectivity index (χ1) is 9.24. The van der Waals surface area contributed by atoms with E-state index < -0.39 is 5.60 Å². The van der Waals surface area contributed by atoms with Gasteiger partial charge in [-0.1, -0.05) is 0 Å². The number of ether oxygens (including phenoxy) is 1. The monoisotopic (exact) mass is 294 g/mol. The lowest BCUT2D eigenvalue weighted by Crippen LogP contribution is -2.20. The summed E-state index contributed by atoms with van der Waals surface area (Å²) in [5.41, 5.74) is 0.819. The average Bonchev–Trinajstić information content (AvgIpc) is 2.68. The molecule has 1 aromatic carbocycles. The largest absolute Gasteiger partial charge is 0.456 e. The number of hydrogen-bond donors (Lipinski definition) is 1. The lowest BCUT2D eigenvalue weighted by Gasteiger charge is -2.15. The number of hydrogen-bond acceptors (Lipinski definition) is 3. The van der Waals surface area contributed by atoms with Crippen molar-refractivity contribution in [1.29, 1.82) is 0 Å². The predicted molar refractivity (Wildman–Crippen MR) is 80.3 cm³/mol. The van der Waals surface area contributed by atoms with Crippen molar-refractivity contribution in [2.75, 3.05) is 0 Å². The van der Waals surface area contributed by atoms with Gasteiger partial charge in [-0.05, 0) is 57.0 Å². The van der Waals surface area contributed by atoms with Crippen molar-refractivity contribution in [2.24, 2.45) is 0 Å². The molecule has 0 unspecified atom stereocenters. The van der Waals surface area contributed by atoms with Crippen LogP contribution in [0.15, 0.2) is 23.6 Å². The Morgan fingerprint density at radius 2 is 1.80 bits per heavy atom. The second kappa shape index (κ2) is 5.54. The maximum absolute atomic E-state index is 13.3. The third-order valence-corrected chi connectivity index (χ3v) is 3.80. The molecule has 0 radical (unpaired) electrons. The van der Waals surface area contributed by atoms with Crippen LogP contribution in [0.25, 0.3) is 0 Å². The summed E-state index contributed by atoms with van der Waals surface area (Å²) in [4.78, 5) is 1.06. The summed E-state index contributed by atoms with van der Waals surface area (Å²) in [5.74, 6) is 1.17. The second-order valence-electron chi connectivity index (χ2n) is 5.71. The quantitative estimate of drug-likeness (QED) is 0.892. The third-order valence-electron chi connectivity index (χ3n) is 2.88. The highest BCUT2D eigenvalue weighted by Crippen LogP contribution is 2.33. The number of aryl methyl sites for hydroxylation is 2. The van der Waals surface area contributed by atoms with Gasteiger partial charge in [0.2, 0.25) is 0 Å². The van der Waals surface area contributed by atoms with Crippen LogP contribution in [0.3, 0.4) is 0 Å². The van der Waals surface area contributed by atoms with Crippen LogP contribution in [-0.2, 0) is 6.42 Å². The summed E-state index contributed by atoms with van der Waals surface area (Å²) >= 11 is 1.55. The molecule has 0 aliphatic carbocycles. The highest BCUT2D eigenvalue weighted by Gasteiger charge is 2.16. The molecule has 1 aromatic heterocycles. The third kappa shape index (κ3) is 3.81. The zero-order valence-electron chi connectivity index (χ0n) is 12.2. The molecule has 0 spiro atoms. The Morgan fingerprint density at radius 1 is 1.20 bits per heavy atom. The first-order valence-electron chi connectivity index (χ1n) is 6.49. The SMILES string of the molecule is Cc1cc(F)cc(C)c1Oc1csc(CC(C)(C)O)c1. The van der Waals surface area contributed by atoms with Crippen LogP contribution in [0.5, 0.6) is 11.5 Å². The maximum Gasteiger partial charge on any atom is 0.138 e. The van der Waals surface area contributed by atoms with Crippen molar-refractivity contribution in [3.05, 3.63) is 45.4 Å². The van der Waals surface area contributed by atoms with E-state index in [-0.39, 0.29) is 5.82 Å². The van der Waals surface area contributed by atoms with E-state index in [4.69, 9.17) is 4.74 Å². The van der Waals surface area contributed by atoms with E-state index in [1.807, 2.05) is 25.3 Å².